The number of halogens is 1. The molecule has 4 nitrogen and oxygen atoms in total. The third-order valence-corrected chi connectivity index (χ3v) is 3.98. The molecule has 1 aromatic heterocycles. The van der Waals surface area contributed by atoms with E-state index in [0.717, 1.165) is 4.88 Å². The Morgan fingerprint density at radius 3 is 2.70 bits per heavy atom. The number of carbonyl (C=O) groups excluding carboxylic acids is 1. The fourth-order valence-corrected chi connectivity index (χ4v) is 2.87. The van der Waals surface area contributed by atoms with E-state index >= 15 is 0 Å². The highest BCUT2D eigenvalue weighted by molar-refractivity contribution is 7.16. The van der Waals surface area contributed by atoms with Gasteiger partial charge in [-0.25, -0.2) is 4.79 Å². The quantitative estimate of drug-likeness (QED) is 0.907. The first-order valence-corrected chi connectivity index (χ1v) is 7.04. The van der Waals surface area contributed by atoms with Crippen molar-refractivity contribution in [2.45, 2.75) is 13.3 Å². The molecule has 0 aliphatic heterocycles. The van der Waals surface area contributed by atoms with Crippen LogP contribution in [-0.2, 0) is 11.2 Å². The Kier molecular flexibility index (Phi) is 4.42. The average molecular weight is 310 g/mol. The van der Waals surface area contributed by atoms with Crippen molar-refractivity contribution in [3.8, 4) is 0 Å². The summed E-state index contributed by atoms with van der Waals surface area (Å²) in [6.07, 6.45) is 0.107. The summed E-state index contributed by atoms with van der Waals surface area (Å²) in [7, 11) is 0. The van der Waals surface area contributed by atoms with E-state index in [9.17, 15) is 9.59 Å². The molecule has 1 aromatic carbocycles. The van der Waals surface area contributed by atoms with Gasteiger partial charge in [-0.05, 0) is 24.6 Å². The number of aryl methyl sites for hydroxylation is 1. The van der Waals surface area contributed by atoms with Gasteiger partial charge in [-0.1, -0.05) is 29.8 Å². The highest BCUT2D eigenvalue weighted by Crippen LogP contribution is 2.28. The lowest BCUT2D eigenvalue weighted by Gasteiger charge is -2.05. The number of hydrogen-bond acceptors (Lipinski definition) is 3. The van der Waals surface area contributed by atoms with E-state index in [1.807, 2.05) is 0 Å². The van der Waals surface area contributed by atoms with Gasteiger partial charge in [-0.2, -0.15) is 0 Å². The second-order valence-corrected chi connectivity index (χ2v) is 5.88. The number of carbonyl (C=O) groups is 2. The third kappa shape index (κ3) is 3.37. The topological polar surface area (TPSA) is 66.4 Å². The van der Waals surface area contributed by atoms with Crippen molar-refractivity contribution < 1.29 is 14.7 Å². The van der Waals surface area contributed by atoms with Crippen LogP contribution in [0.15, 0.2) is 30.3 Å². The minimum absolute atomic E-state index is 0.107. The molecule has 6 heteroatoms. The summed E-state index contributed by atoms with van der Waals surface area (Å²) in [6.45, 7) is 1.79. The Labute approximate surface area is 125 Å². The summed E-state index contributed by atoms with van der Waals surface area (Å²) in [4.78, 5) is 23.9. The maximum Gasteiger partial charge on any atom is 0.338 e. The number of rotatable bonds is 4. The Bertz CT molecular complexity index is 666. The van der Waals surface area contributed by atoms with Crippen molar-refractivity contribution in [2.75, 3.05) is 5.32 Å². The zero-order valence-corrected chi connectivity index (χ0v) is 12.2. The van der Waals surface area contributed by atoms with Crippen LogP contribution in [0.1, 0.15) is 20.8 Å². The van der Waals surface area contributed by atoms with Crippen LogP contribution in [0.25, 0.3) is 0 Å². The molecule has 0 saturated carbocycles. The smallest absolute Gasteiger partial charge is 0.338 e. The maximum absolute atomic E-state index is 12.0. The minimum atomic E-state index is -1.05. The van der Waals surface area contributed by atoms with Crippen LogP contribution in [0.5, 0.6) is 0 Å². The van der Waals surface area contributed by atoms with E-state index < -0.39 is 5.97 Å². The van der Waals surface area contributed by atoms with Gasteiger partial charge in [-0.3, -0.25) is 4.79 Å². The maximum atomic E-state index is 12.0. The van der Waals surface area contributed by atoms with Crippen LogP contribution in [0, 0.1) is 6.92 Å². The Balaban J connectivity index is 2.13. The molecule has 0 radical (unpaired) electrons. The molecule has 0 aliphatic carbocycles. The van der Waals surface area contributed by atoms with Crippen molar-refractivity contribution in [3.05, 3.63) is 51.4 Å². The Morgan fingerprint density at radius 2 is 2.05 bits per heavy atom. The van der Waals surface area contributed by atoms with Crippen molar-refractivity contribution in [1.82, 2.24) is 0 Å². The van der Waals surface area contributed by atoms with Gasteiger partial charge in [0.2, 0.25) is 5.91 Å². The first-order valence-electron chi connectivity index (χ1n) is 5.84. The number of carboxylic acid groups (broad SMARTS) is 1. The van der Waals surface area contributed by atoms with E-state index in [1.54, 1.807) is 31.2 Å². The zero-order valence-electron chi connectivity index (χ0n) is 10.6. The third-order valence-electron chi connectivity index (χ3n) is 2.65. The number of carboxylic acids is 1. The molecule has 104 valence electrons. The summed E-state index contributed by atoms with van der Waals surface area (Å²) in [6, 6.07) is 8.60. The number of amides is 1. The summed E-state index contributed by atoms with van der Waals surface area (Å²) in [5, 5.41) is 12.6. The van der Waals surface area contributed by atoms with Crippen LogP contribution >= 0.6 is 22.9 Å². The molecule has 0 saturated heterocycles. The number of hydrogen-bond donors (Lipinski definition) is 2. The molecular weight excluding hydrogens is 298 g/mol. The summed E-state index contributed by atoms with van der Waals surface area (Å²) >= 11 is 7.23. The fourth-order valence-electron chi connectivity index (χ4n) is 1.75. The second-order valence-electron chi connectivity index (χ2n) is 4.22. The van der Waals surface area contributed by atoms with E-state index in [-0.39, 0.29) is 17.9 Å². The summed E-state index contributed by atoms with van der Waals surface area (Å²) in [5.41, 5.74) is 0.817. The normalized spacial score (nSPS) is 10.3. The zero-order chi connectivity index (χ0) is 14.7. The van der Waals surface area contributed by atoms with Gasteiger partial charge in [0, 0.05) is 9.90 Å². The lowest BCUT2D eigenvalue weighted by Crippen LogP contribution is -2.15. The van der Waals surface area contributed by atoms with Crippen LogP contribution in [0.3, 0.4) is 0 Å². The van der Waals surface area contributed by atoms with Gasteiger partial charge in [0.1, 0.15) is 5.00 Å². The molecule has 0 bridgehead atoms. The molecule has 0 spiro atoms. The molecule has 1 amide bonds. The highest BCUT2D eigenvalue weighted by Gasteiger charge is 2.16. The molecular formula is C14H12ClNO3S. The van der Waals surface area contributed by atoms with Gasteiger partial charge in [0.25, 0.3) is 0 Å². The largest absolute Gasteiger partial charge is 0.478 e. The predicted molar refractivity (Wildman–Crippen MR) is 79.8 cm³/mol. The predicted octanol–water partition coefficient (Wildman–Crippen LogP) is 3.59. The van der Waals surface area contributed by atoms with Gasteiger partial charge in [-0.15, -0.1) is 11.3 Å². The van der Waals surface area contributed by atoms with Crippen LogP contribution in [-0.4, -0.2) is 17.0 Å². The molecule has 2 rings (SSSR count). The van der Waals surface area contributed by atoms with Crippen molar-refractivity contribution >= 4 is 39.8 Å². The molecule has 2 aromatic rings. The lowest BCUT2D eigenvalue weighted by molar-refractivity contribution is -0.115. The standard InChI is InChI=1S/C14H12ClNO3S/c1-8-6-10(14(18)19)13(20-8)16-12(17)7-9-4-2-3-5-11(9)15/h2-6H,7H2,1H3,(H,16,17)(H,18,19). The van der Waals surface area contributed by atoms with Crippen LogP contribution in [0.2, 0.25) is 5.02 Å². The van der Waals surface area contributed by atoms with Gasteiger partial charge in [0.15, 0.2) is 0 Å². The molecule has 0 atom stereocenters. The highest BCUT2D eigenvalue weighted by atomic mass is 35.5. The molecule has 0 fully saturated rings. The van der Waals surface area contributed by atoms with Crippen molar-refractivity contribution in [2.24, 2.45) is 0 Å². The Morgan fingerprint density at radius 1 is 1.35 bits per heavy atom. The van der Waals surface area contributed by atoms with E-state index in [0.29, 0.717) is 15.6 Å². The van der Waals surface area contributed by atoms with Crippen molar-refractivity contribution in [3.63, 3.8) is 0 Å². The Hall–Kier alpha value is -1.85. The van der Waals surface area contributed by atoms with Gasteiger partial charge < -0.3 is 10.4 Å². The minimum Gasteiger partial charge on any atom is -0.478 e. The number of nitrogens with one attached hydrogen (secondary N) is 1. The molecule has 20 heavy (non-hydrogen) atoms. The van der Waals surface area contributed by atoms with E-state index in [4.69, 9.17) is 16.7 Å². The van der Waals surface area contributed by atoms with Gasteiger partial charge in [0.05, 0.1) is 12.0 Å². The first kappa shape index (κ1) is 14.6. The van der Waals surface area contributed by atoms with Gasteiger partial charge >= 0.3 is 5.97 Å². The molecule has 0 unspecified atom stereocenters. The monoisotopic (exact) mass is 309 g/mol. The molecule has 2 N–H and O–H groups in total. The number of aromatic carboxylic acids is 1. The van der Waals surface area contributed by atoms with Crippen LogP contribution in [0.4, 0.5) is 5.00 Å². The van der Waals surface area contributed by atoms with E-state index in [1.165, 1.54) is 17.4 Å². The number of benzene rings is 1. The second kappa shape index (κ2) is 6.07. The SMILES string of the molecule is Cc1cc(C(=O)O)c(NC(=O)Cc2ccccc2Cl)s1. The number of thiophene rings is 1. The van der Waals surface area contributed by atoms with E-state index in [2.05, 4.69) is 5.32 Å². The van der Waals surface area contributed by atoms with Crippen LogP contribution < -0.4 is 5.32 Å². The number of anilines is 1. The van der Waals surface area contributed by atoms with Crippen molar-refractivity contribution in [1.29, 1.82) is 0 Å². The first-order chi connectivity index (χ1) is 9.47. The molecule has 0 aliphatic rings. The fraction of sp³-hybridized carbons (Fsp3) is 0.143. The summed E-state index contributed by atoms with van der Waals surface area (Å²) in [5.74, 6) is -1.34. The molecule has 1 heterocycles. The lowest BCUT2D eigenvalue weighted by atomic mass is 10.1. The average Bonchev–Trinajstić information content (AvgIpc) is 2.73. The summed E-state index contributed by atoms with van der Waals surface area (Å²) < 4.78 is 0.